The number of benzene rings is 11. The molecule has 0 heterocycles. The summed E-state index contributed by atoms with van der Waals surface area (Å²) in [5, 5.41) is 12.7. The van der Waals surface area contributed by atoms with Gasteiger partial charge in [0.1, 0.15) is 0 Å². The Kier molecular flexibility index (Phi) is 7.38. The lowest BCUT2D eigenvalue weighted by Crippen LogP contribution is -2.15. The molecule has 0 aliphatic heterocycles. The van der Waals surface area contributed by atoms with Crippen molar-refractivity contribution in [2.45, 2.75) is 19.3 Å². The van der Waals surface area contributed by atoms with Crippen LogP contribution < -0.4 is 0 Å². The molecule has 0 aromatic heterocycles. The van der Waals surface area contributed by atoms with Crippen molar-refractivity contribution in [1.29, 1.82) is 0 Å². The number of rotatable bonds is 4. The Hall–Kier alpha value is -7.28. The Balaban J connectivity index is 1.18. The second-order valence-corrected chi connectivity index (χ2v) is 16.8. The van der Waals surface area contributed by atoms with E-state index in [1.54, 1.807) is 0 Å². The summed E-state index contributed by atoms with van der Waals surface area (Å²) in [5.41, 5.74) is 15.3. The monoisotopic (exact) mass is 748 g/mol. The lowest BCUT2D eigenvalue weighted by molar-refractivity contribution is 0.661. The normalized spacial score (nSPS) is 13.1. The molecule has 11 aromatic rings. The van der Waals surface area contributed by atoms with Crippen molar-refractivity contribution in [3.05, 3.63) is 217 Å². The van der Waals surface area contributed by atoms with E-state index in [1.807, 2.05) is 0 Å². The topological polar surface area (TPSA) is 0 Å². The molecular weight excluding hydrogens is 709 g/mol. The molecule has 0 bridgehead atoms. The van der Waals surface area contributed by atoms with E-state index in [4.69, 9.17) is 0 Å². The molecule has 59 heavy (non-hydrogen) atoms. The van der Waals surface area contributed by atoms with Crippen LogP contribution in [0, 0.1) is 0 Å². The van der Waals surface area contributed by atoms with Gasteiger partial charge in [-0.15, -0.1) is 0 Å². The molecule has 0 N–H and O–H groups in total. The summed E-state index contributed by atoms with van der Waals surface area (Å²) in [4.78, 5) is 0. The minimum Gasteiger partial charge on any atom is -0.0619 e. The largest absolute Gasteiger partial charge is 0.0619 e. The Morgan fingerprint density at radius 2 is 0.746 bits per heavy atom. The lowest BCUT2D eigenvalue weighted by Gasteiger charge is -2.24. The second-order valence-electron chi connectivity index (χ2n) is 16.8. The maximum atomic E-state index is 2.54. The van der Waals surface area contributed by atoms with Crippen LogP contribution in [0.2, 0.25) is 0 Å². The van der Waals surface area contributed by atoms with Crippen molar-refractivity contribution in [1.82, 2.24) is 0 Å². The fourth-order valence-electron chi connectivity index (χ4n) is 10.3. The Bertz CT molecular complexity index is 3530. The van der Waals surface area contributed by atoms with Gasteiger partial charge in [0.2, 0.25) is 0 Å². The molecule has 0 nitrogen and oxygen atoms in total. The minimum atomic E-state index is -0.143. The van der Waals surface area contributed by atoms with Gasteiger partial charge in [0.05, 0.1) is 0 Å². The van der Waals surface area contributed by atoms with Crippen molar-refractivity contribution >= 4 is 53.9 Å². The molecular formula is C59H40. The quantitative estimate of drug-likeness (QED) is 0.157. The maximum absolute atomic E-state index is 2.54. The van der Waals surface area contributed by atoms with E-state index >= 15 is 0 Å². The van der Waals surface area contributed by atoms with Gasteiger partial charge in [-0.25, -0.2) is 0 Å². The van der Waals surface area contributed by atoms with Gasteiger partial charge in [-0.1, -0.05) is 190 Å². The second kappa shape index (κ2) is 12.9. The van der Waals surface area contributed by atoms with Crippen molar-refractivity contribution in [2.75, 3.05) is 0 Å². The fraction of sp³-hybridized carbons (Fsp3) is 0.0508. The first-order valence-electron chi connectivity index (χ1n) is 20.7. The summed E-state index contributed by atoms with van der Waals surface area (Å²) in [7, 11) is 0. The van der Waals surface area contributed by atoms with E-state index in [1.165, 1.54) is 121 Å². The summed E-state index contributed by atoms with van der Waals surface area (Å²) < 4.78 is 0. The van der Waals surface area contributed by atoms with E-state index in [2.05, 4.69) is 220 Å². The molecule has 12 rings (SSSR count). The van der Waals surface area contributed by atoms with Gasteiger partial charge >= 0.3 is 0 Å². The molecule has 276 valence electrons. The summed E-state index contributed by atoms with van der Waals surface area (Å²) >= 11 is 0. The van der Waals surface area contributed by atoms with Crippen LogP contribution in [0.4, 0.5) is 0 Å². The Morgan fingerprint density at radius 1 is 0.254 bits per heavy atom. The fourth-order valence-corrected chi connectivity index (χ4v) is 10.3. The van der Waals surface area contributed by atoms with Gasteiger partial charge in [-0.05, 0) is 151 Å². The number of fused-ring (bicyclic) bond motifs is 9. The first-order chi connectivity index (χ1) is 29.0. The molecule has 0 atom stereocenters. The average molecular weight is 749 g/mol. The van der Waals surface area contributed by atoms with Crippen molar-refractivity contribution in [3.8, 4) is 55.6 Å². The zero-order chi connectivity index (χ0) is 39.2. The Morgan fingerprint density at radius 3 is 1.44 bits per heavy atom. The summed E-state index contributed by atoms with van der Waals surface area (Å²) in [6.07, 6.45) is 0. The molecule has 0 heteroatoms. The predicted octanol–water partition coefficient (Wildman–Crippen LogP) is 16.4. The third kappa shape index (κ3) is 5.16. The molecule has 0 amide bonds. The molecule has 0 spiro atoms. The lowest BCUT2D eigenvalue weighted by atomic mass is 9.78. The molecule has 1 aliphatic carbocycles. The predicted molar refractivity (Wildman–Crippen MR) is 253 cm³/mol. The van der Waals surface area contributed by atoms with Gasteiger partial charge in [-0.2, -0.15) is 0 Å². The van der Waals surface area contributed by atoms with Gasteiger partial charge in [0.25, 0.3) is 0 Å². The van der Waals surface area contributed by atoms with E-state index < -0.39 is 0 Å². The molecule has 0 saturated carbocycles. The van der Waals surface area contributed by atoms with E-state index in [0.717, 1.165) is 0 Å². The van der Waals surface area contributed by atoms with Crippen molar-refractivity contribution in [2.24, 2.45) is 0 Å². The highest BCUT2D eigenvalue weighted by atomic mass is 14.4. The van der Waals surface area contributed by atoms with Gasteiger partial charge in [0, 0.05) is 5.41 Å². The first kappa shape index (κ1) is 33.8. The highest BCUT2D eigenvalue weighted by Crippen LogP contribution is 2.55. The highest BCUT2D eigenvalue weighted by Gasteiger charge is 2.37. The number of hydrogen-bond donors (Lipinski definition) is 0. The van der Waals surface area contributed by atoms with Crippen LogP contribution in [0.25, 0.3) is 109 Å². The first-order valence-corrected chi connectivity index (χ1v) is 20.7. The van der Waals surface area contributed by atoms with Crippen LogP contribution in [0.15, 0.2) is 206 Å². The van der Waals surface area contributed by atoms with Crippen LogP contribution in [-0.2, 0) is 5.41 Å². The summed E-state index contributed by atoms with van der Waals surface area (Å²) in [5.74, 6) is 0. The van der Waals surface area contributed by atoms with Gasteiger partial charge < -0.3 is 0 Å². The smallest absolute Gasteiger partial charge is 0.0159 e. The molecule has 1 aliphatic rings. The van der Waals surface area contributed by atoms with Gasteiger partial charge in [0.15, 0.2) is 0 Å². The molecule has 11 aromatic carbocycles. The molecule has 0 unspecified atom stereocenters. The molecule has 0 saturated heterocycles. The third-order valence-electron chi connectivity index (χ3n) is 13.2. The summed E-state index contributed by atoms with van der Waals surface area (Å²) in [6, 6.07) is 77.1. The van der Waals surface area contributed by atoms with Crippen molar-refractivity contribution in [3.63, 3.8) is 0 Å². The van der Waals surface area contributed by atoms with E-state index in [-0.39, 0.29) is 5.41 Å². The van der Waals surface area contributed by atoms with Crippen LogP contribution in [-0.4, -0.2) is 0 Å². The highest BCUT2D eigenvalue weighted by molar-refractivity contribution is 6.25. The molecule has 0 fully saturated rings. The van der Waals surface area contributed by atoms with Crippen molar-refractivity contribution < 1.29 is 0 Å². The molecule has 0 radical (unpaired) electrons. The van der Waals surface area contributed by atoms with E-state index in [9.17, 15) is 0 Å². The van der Waals surface area contributed by atoms with Crippen LogP contribution in [0.5, 0.6) is 0 Å². The zero-order valence-corrected chi connectivity index (χ0v) is 33.1. The van der Waals surface area contributed by atoms with Gasteiger partial charge in [-0.3, -0.25) is 0 Å². The van der Waals surface area contributed by atoms with E-state index in [0.29, 0.717) is 0 Å². The number of hydrogen-bond acceptors (Lipinski definition) is 0. The Labute approximate surface area is 344 Å². The zero-order valence-electron chi connectivity index (χ0n) is 33.1. The van der Waals surface area contributed by atoms with Crippen LogP contribution in [0.3, 0.4) is 0 Å². The average Bonchev–Trinajstić information content (AvgIpc) is 3.53. The van der Waals surface area contributed by atoms with Crippen LogP contribution in [0.1, 0.15) is 25.0 Å². The third-order valence-corrected chi connectivity index (χ3v) is 13.2. The SMILES string of the molecule is CC1(C)c2ccccc2-c2c1cc(-c1c3ccccc3c(-c3cccc(-c4ccc5ccccc5c4)c3)c3ccc(-c4ccc5ccccc5c4)cc13)c1ccccc21. The summed E-state index contributed by atoms with van der Waals surface area (Å²) in [6.45, 7) is 4.80. The minimum absolute atomic E-state index is 0.143. The standard InChI is InChI=1S/C59H40/c1-59(2)54-25-12-11-24-51(54)58-47-21-8-7-20-46(47)53(36-55(58)59)57-49-23-10-9-22-48(49)56(45-19-13-18-41(34-45)42-28-26-37-14-3-5-16-39(37)32-42)50-31-30-44(35-52(50)57)43-29-27-38-15-4-6-17-40(38)33-43/h3-36H,1-2H3. The maximum Gasteiger partial charge on any atom is 0.0159 e. The van der Waals surface area contributed by atoms with Crippen LogP contribution >= 0.6 is 0 Å².